The Balaban J connectivity index is 2.06. The van der Waals surface area contributed by atoms with E-state index in [0.717, 1.165) is 13.0 Å². The third-order valence-electron chi connectivity index (χ3n) is 2.84. The molecule has 0 saturated carbocycles. The van der Waals surface area contributed by atoms with Crippen LogP contribution in [-0.4, -0.2) is 57.0 Å². The number of methoxy groups -OCH3 is 1. The van der Waals surface area contributed by atoms with Crippen molar-refractivity contribution in [3.8, 4) is 0 Å². The summed E-state index contributed by atoms with van der Waals surface area (Å²) in [4.78, 5) is 13.3. The molecule has 0 aromatic rings. The number of esters is 1. The second kappa shape index (κ2) is 6.94. The number of hydrogen-bond acceptors (Lipinski definition) is 4. The van der Waals surface area contributed by atoms with Gasteiger partial charge >= 0.3 is 12.1 Å². The maximum atomic E-state index is 11.8. The molecule has 4 nitrogen and oxygen atoms in total. The fourth-order valence-electron chi connectivity index (χ4n) is 1.97. The van der Waals surface area contributed by atoms with Crippen LogP contribution in [-0.2, 0) is 14.3 Å². The normalized spacial score (nSPS) is 21.2. The Labute approximate surface area is 104 Å². The van der Waals surface area contributed by atoms with Gasteiger partial charge in [-0.25, -0.2) is 0 Å². The van der Waals surface area contributed by atoms with Crippen molar-refractivity contribution < 1.29 is 27.4 Å². The van der Waals surface area contributed by atoms with Crippen LogP contribution in [0.25, 0.3) is 0 Å². The number of rotatable bonds is 6. The van der Waals surface area contributed by atoms with Crippen molar-refractivity contribution in [1.82, 2.24) is 4.90 Å². The largest absolute Gasteiger partial charge is 0.469 e. The summed E-state index contributed by atoms with van der Waals surface area (Å²) in [7, 11) is 1.36. The lowest BCUT2D eigenvalue weighted by Crippen LogP contribution is -2.26. The molecule has 1 unspecified atom stereocenters. The summed E-state index contributed by atoms with van der Waals surface area (Å²) >= 11 is 0. The molecule has 0 aliphatic carbocycles. The van der Waals surface area contributed by atoms with Crippen molar-refractivity contribution in [2.75, 3.05) is 40.0 Å². The lowest BCUT2D eigenvalue weighted by molar-refractivity contribution is -0.174. The number of alkyl halides is 3. The van der Waals surface area contributed by atoms with Gasteiger partial charge in [-0.15, -0.1) is 0 Å². The fourth-order valence-corrected chi connectivity index (χ4v) is 1.97. The minimum Gasteiger partial charge on any atom is -0.469 e. The van der Waals surface area contributed by atoms with Crippen molar-refractivity contribution in [3.63, 3.8) is 0 Å². The van der Waals surface area contributed by atoms with Crippen molar-refractivity contribution >= 4 is 5.97 Å². The van der Waals surface area contributed by atoms with Gasteiger partial charge in [0, 0.05) is 19.7 Å². The van der Waals surface area contributed by atoms with E-state index in [1.165, 1.54) is 7.11 Å². The summed E-state index contributed by atoms with van der Waals surface area (Å²) in [5, 5.41) is 0. The van der Waals surface area contributed by atoms with Gasteiger partial charge < -0.3 is 14.4 Å². The molecule has 1 fully saturated rings. The Morgan fingerprint density at radius 2 is 2.17 bits per heavy atom. The number of likely N-dealkylation sites (tertiary alicyclic amines) is 1. The van der Waals surface area contributed by atoms with Gasteiger partial charge in [-0.1, -0.05) is 0 Å². The van der Waals surface area contributed by atoms with E-state index in [0.29, 0.717) is 19.5 Å². The zero-order valence-corrected chi connectivity index (χ0v) is 10.3. The van der Waals surface area contributed by atoms with E-state index < -0.39 is 12.8 Å². The number of ether oxygens (including phenoxy) is 2. The van der Waals surface area contributed by atoms with Gasteiger partial charge in [0.1, 0.15) is 6.61 Å². The van der Waals surface area contributed by atoms with Crippen molar-refractivity contribution in [2.24, 2.45) is 5.92 Å². The standard InChI is InChI=1S/C11H18F3NO3/c1-17-10(16)9-3-5-15(7-9)4-2-6-18-8-11(12,13)14/h9H,2-8H2,1H3. The maximum absolute atomic E-state index is 11.8. The summed E-state index contributed by atoms with van der Waals surface area (Å²) < 4.78 is 44.5. The van der Waals surface area contributed by atoms with Crippen molar-refractivity contribution in [3.05, 3.63) is 0 Å². The number of carbonyl (C=O) groups is 1. The minimum atomic E-state index is -4.26. The molecule has 106 valence electrons. The van der Waals surface area contributed by atoms with Gasteiger partial charge in [-0.3, -0.25) is 4.79 Å². The van der Waals surface area contributed by atoms with Crippen LogP contribution in [0.5, 0.6) is 0 Å². The first-order chi connectivity index (χ1) is 8.42. The van der Waals surface area contributed by atoms with Crippen LogP contribution < -0.4 is 0 Å². The first-order valence-corrected chi connectivity index (χ1v) is 5.87. The van der Waals surface area contributed by atoms with Crippen molar-refractivity contribution in [2.45, 2.75) is 19.0 Å². The quantitative estimate of drug-likeness (QED) is 0.540. The lowest BCUT2D eigenvalue weighted by Gasteiger charge is -2.15. The van der Waals surface area contributed by atoms with Gasteiger partial charge in [0.25, 0.3) is 0 Å². The van der Waals surface area contributed by atoms with Gasteiger partial charge in [-0.05, 0) is 19.4 Å². The summed E-state index contributed by atoms with van der Waals surface area (Å²) in [6, 6.07) is 0. The third-order valence-corrected chi connectivity index (χ3v) is 2.84. The van der Waals surface area contributed by atoms with E-state index >= 15 is 0 Å². The van der Waals surface area contributed by atoms with Crippen LogP contribution in [0.1, 0.15) is 12.8 Å². The van der Waals surface area contributed by atoms with Crippen LogP contribution >= 0.6 is 0 Å². The predicted molar refractivity (Wildman–Crippen MR) is 58.1 cm³/mol. The smallest absolute Gasteiger partial charge is 0.411 e. The number of nitrogens with zero attached hydrogens (tertiary/aromatic N) is 1. The second-order valence-electron chi connectivity index (χ2n) is 4.33. The number of carbonyl (C=O) groups excluding carboxylic acids is 1. The Hall–Kier alpha value is -0.820. The van der Waals surface area contributed by atoms with Crippen LogP contribution in [0.2, 0.25) is 0 Å². The van der Waals surface area contributed by atoms with Crippen LogP contribution in [0, 0.1) is 5.92 Å². The highest BCUT2D eigenvalue weighted by Gasteiger charge is 2.29. The molecular weight excluding hydrogens is 251 g/mol. The Morgan fingerprint density at radius 3 is 2.78 bits per heavy atom. The first-order valence-electron chi connectivity index (χ1n) is 5.87. The summed E-state index contributed by atoms with van der Waals surface area (Å²) in [6.07, 6.45) is -2.98. The summed E-state index contributed by atoms with van der Waals surface area (Å²) in [5.41, 5.74) is 0. The molecule has 7 heteroatoms. The highest BCUT2D eigenvalue weighted by Crippen LogP contribution is 2.18. The van der Waals surface area contributed by atoms with E-state index in [2.05, 4.69) is 9.47 Å². The summed E-state index contributed by atoms with van der Waals surface area (Å²) in [6.45, 7) is 0.924. The second-order valence-corrected chi connectivity index (χ2v) is 4.33. The van der Waals surface area contributed by atoms with Gasteiger partial charge in [0.05, 0.1) is 13.0 Å². The molecule has 0 amide bonds. The van der Waals surface area contributed by atoms with Crippen molar-refractivity contribution in [1.29, 1.82) is 0 Å². The molecule has 0 spiro atoms. The molecule has 1 saturated heterocycles. The van der Waals surface area contributed by atoms with Crippen LogP contribution in [0.4, 0.5) is 13.2 Å². The maximum Gasteiger partial charge on any atom is 0.411 e. The van der Waals surface area contributed by atoms with E-state index in [-0.39, 0.29) is 18.5 Å². The minimum absolute atomic E-state index is 0.0822. The van der Waals surface area contributed by atoms with Crippen LogP contribution in [0.15, 0.2) is 0 Å². The van der Waals surface area contributed by atoms with Crippen LogP contribution in [0.3, 0.4) is 0 Å². The Kier molecular flexibility index (Phi) is 5.87. The average Bonchev–Trinajstić information content (AvgIpc) is 2.75. The average molecular weight is 269 g/mol. The molecule has 0 radical (unpaired) electrons. The molecule has 1 rings (SSSR count). The highest BCUT2D eigenvalue weighted by molar-refractivity contribution is 5.72. The molecule has 0 aromatic heterocycles. The molecule has 1 heterocycles. The third kappa shape index (κ3) is 5.68. The molecule has 18 heavy (non-hydrogen) atoms. The monoisotopic (exact) mass is 269 g/mol. The van der Waals surface area contributed by atoms with Gasteiger partial charge in [0.2, 0.25) is 0 Å². The highest BCUT2D eigenvalue weighted by atomic mass is 19.4. The molecule has 1 aliphatic heterocycles. The SMILES string of the molecule is COC(=O)C1CCN(CCCOCC(F)(F)F)C1. The van der Waals surface area contributed by atoms with Gasteiger partial charge in [0.15, 0.2) is 0 Å². The number of hydrogen-bond donors (Lipinski definition) is 0. The van der Waals surface area contributed by atoms with E-state index in [1.807, 2.05) is 4.90 Å². The van der Waals surface area contributed by atoms with Gasteiger partial charge in [-0.2, -0.15) is 13.2 Å². The molecule has 0 bridgehead atoms. The van der Waals surface area contributed by atoms with E-state index in [4.69, 9.17) is 0 Å². The zero-order valence-electron chi connectivity index (χ0n) is 10.3. The summed E-state index contributed by atoms with van der Waals surface area (Å²) in [5.74, 6) is -0.322. The molecular formula is C11H18F3NO3. The van der Waals surface area contributed by atoms with E-state index in [9.17, 15) is 18.0 Å². The van der Waals surface area contributed by atoms with E-state index in [1.54, 1.807) is 0 Å². The molecule has 0 aromatic carbocycles. The molecule has 1 atom stereocenters. The zero-order chi connectivity index (χ0) is 13.6. The number of halogens is 3. The first kappa shape index (κ1) is 15.2. The fraction of sp³-hybridized carbons (Fsp3) is 0.909. The predicted octanol–water partition coefficient (Wildman–Crippen LogP) is 1.45. The Bertz CT molecular complexity index is 271. The molecule has 0 N–H and O–H groups in total. The lowest BCUT2D eigenvalue weighted by atomic mass is 10.1. The molecule has 1 aliphatic rings. The Morgan fingerprint density at radius 1 is 1.44 bits per heavy atom. The topological polar surface area (TPSA) is 38.8 Å².